The van der Waals surface area contributed by atoms with Crippen LogP contribution in [0.2, 0.25) is 0 Å². The maximum atomic E-state index is 11.2. The molecule has 0 aromatic heterocycles. The van der Waals surface area contributed by atoms with Crippen LogP contribution in [0.1, 0.15) is 25.5 Å². The molecule has 0 spiro atoms. The van der Waals surface area contributed by atoms with E-state index in [1.54, 1.807) is 31.2 Å². The molecule has 0 bridgehead atoms. The van der Waals surface area contributed by atoms with Gasteiger partial charge in [0.15, 0.2) is 11.7 Å². The Kier molecular flexibility index (Phi) is 7.94. The molecule has 0 saturated carbocycles. The van der Waals surface area contributed by atoms with Crippen LogP contribution in [0.15, 0.2) is 24.3 Å². The van der Waals surface area contributed by atoms with Crippen molar-refractivity contribution in [2.75, 3.05) is 19.0 Å². The summed E-state index contributed by atoms with van der Waals surface area (Å²) >= 11 is 0.956. The molecule has 0 amide bonds. The molecule has 22 heavy (non-hydrogen) atoms. The van der Waals surface area contributed by atoms with Crippen LogP contribution in [0.25, 0.3) is 0 Å². The molecule has 2 unspecified atom stereocenters. The summed E-state index contributed by atoms with van der Waals surface area (Å²) in [7, 11) is 0. The normalized spacial score (nSPS) is 13.3. The molecule has 1 aromatic carbocycles. The van der Waals surface area contributed by atoms with Gasteiger partial charge in [-0.05, 0) is 24.6 Å². The highest BCUT2D eigenvalue weighted by Crippen LogP contribution is 2.22. The van der Waals surface area contributed by atoms with E-state index in [-0.39, 0.29) is 17.5 Å². The number of hydrogen-bond acceptors (Lipinski definition) is 7. The van der Waals surface area contributed by atoms with Gasteiger partial charge < -0.3 is 19.7 Å². The van der Waals surface area contributed by atoms with Crippen molar-refractivity contribution in [3.63, 3.8) is 0 Å². The van der Waals surface area contributed by atoms with Crippen LogP contribution in [0.4, 0.5) is 0 Å². The van der Waals surface area contributed by atoms with E-state index in [9.17, 15) is 19.8 Å². The van der Waals surface area contributed by atoms with E-state index < -0.39 is 18.2 Å². The van der Waals surface area contributed by atoms with Crippen molar-refractivity contribution in [2.45, 2.75) is 26.1 Å². The summed E-state index contributed by atoms with van der Waals surface area (Å²) < 4.78 is 9.96. The monoisotopic (exact) mass is 328 g/mol. The molecule has 0 aliphatic carbocycles. The summed E-state index contributed by atoms with van der Waals surface area (Å²) in [6.45, 7) is 3.22. The van der Waals surface area contributed by atoms with Gasteiger partial charge in [0.05, 0.1) is 12.7 Å². The molecule has 6 nitrogen and oxygen atoms in total. The van der Waals surface area contributed by atoms with Crippen molar-refractivity contribution in [3.05, 3.63) is 29.8 Å². The quantitative estimate of drug-likeness (QED) is 0.695. The standard InChI is InChI=1S/C15H20O6S/c1-3-20-14(18)8-21-12-6-4-11(5-7-12)15(19)13(17)9-22-10(2)16/h4-7,13,15,17,19H,3,8-9H2,1-2H3. The number of esters is 1. The fourth-order valence-corrected chi connectivity index (χ4v) is 2.21. The predicted molar refractivity (Wildman–Crippen MR) is 82.7 cm³/mol. The molecule has 2 atom stereocenters. The number of aliphatic hydroxyl groups excluding tert-OH is 2. The summed E-state index contributed by atoms with van der Waals surface area (Å²) in [5, 5.41) is 19.7. The number of aliphatic hydroxyl groups is 2. The number of carbonyl (C=O) groups excluding carboxylic acids is 2. The van der Waals surface area contributed by atoms with Gasteiger partial charge >= 0.3 is 5.97 Å². The minimum absolute atomic E-state index is 0.117. The first-order valence-electron chi connectivity index (χ1n) is 6.82. The van der Waals surface area contributed by atoms with Gasteiger partial charge in [0, 0.05) is 12.7 Å². The lowest BCUT2D eigenvalue weighted by molar-refractivity contribution is -0.145. The third kappa shape index (κ3) is 6.46. The van der Waals surface area contributed by atoms with Gasteiger partial charge in [-0.2, -0.15) is 0 Å². The van der Waals surface area contributed by atoms with Crippen LogP contribution in [0.5, 0.6) is 5.75 Å². The van der Waals surface area contributed by atoms with Crippen LogP contribution in [0, 0.1) is 0 Å². The van der Waals surface area contributed by atoms with Gasteiger partial charge in [-0.1, -0.05) is 23.9 Å². The maximum absolute atomic E-state index is 11.2. The fourth-order valence-electron chi connectivity index (χ4n) is 1.62. The van der Waals surface area contributed by atoms with E-state index in [1.807, 2.05) is 0 Å². The topological polar surface area (TPSA) is 93.1 Å². The zero-order valence-corrected chi connectivity index (χ0v) is 13.3. The molecular formula is C15H20O6S. The van der Waals surface area contributed by atoms with Crippen molar-refractivity contribution in [1.82, 2.24) is 0 Å². The highest BCUT2D eigenvalue weighted by Gasteiger charge is 2.19. The summed E-state index contributed by atoms with van der Waals surface area (Å²) in [4.78, 5) is 22.0. The molecule has 1 rings (SSSR count). The third-order valence-electron chi connectivity index (χ3n) is 2.71. The zero-order valence-electron chi connectivity index (χ0n) is 12.5. The van der Waals surface area contributed by atoms with E-state index in [1.165, 1.54) is 6.92 Å². The second kappa shape index (κ2) is 9.45. The number of hydrogen-bond donors (Lipinski definition) is 2. The molecule has 122 valence electrons. The molecule has 0 aliphatic heterocycles. The van der Waals surface area contributed by atoms with Crippen molar-refractivity contribution >= 4 is 22.8 Å². The molecule has 1 aromatic rings. The lowest BCUT2D eigenvalue weighted by Crippen LogP contribution is -2.21. The van der Waals surface area contributed by atoms with Gasteiger partial charge in [0.2, 0.25) is 0 Å². The number of ether oxygens (including phenoxy) is 2. The number of carbonyl (C=O) groups is 2. The summed E-state index contributed by atoms with van der Waals surface area (Å²) in [5.74, 6) is 0.123. The number of thioether (sulfide) groups is 1. The minimum atomic E-state index is -1.09. The van der Waals surface area contributed by atoms with E-state index in [2.05, 4.69) is 0 Å². The van der Waals surface area contributed by atoms with Crippen molar-refractivity contribution < 1.29 is 29.3 Å². The van der Waals surface area contributed by atoms with Gasteiger partial charge in [0.25, 0.3) is 0 Å². The Morgan fingerprint density at radius 2 is 1.86 bits per heavy atom. The molecule has 0 aliphatic rings. The minimum Gasteiger partial charge on any atom is -0.482 e. The van der Waals surface area contributed by atoms with Crippen LogP contribution < -0.4 is 4.74 Å². The number of benzene rings is 1. The van der Waals surface area contributed by atoms with Gasteiger partial charge in [0.1, 0.15) is 11.9 Å². The van der Waals surface area contributed by atoms with E-state index in [4.69, 9.17) is 9.47 Å². The first-order valence-corrected chi connectivity index (χ1v) is 7.80. The summed E-state index contributed by atoms with van der Waals surface area (Å²) in [6, 6.07) is 6.35. The summed E-state index contributed by atoms with van der Waals surface area (Å²) in [5.41, 5.74) is 0.500. The van der Waals surface area contributed by atoms with Crippen molar-refractivity contribution in [1.29, 1.82) is 0 Å². The Labute approximate surface area is 133 Å². The molecule has 0 radical (unpaired) electrons. The Balaban J connectivity index is 2.52. The van der Waals surface area contributed by atoms with Crippen LogP contribution >= 0.6 is 11.8 Å². The Bertz CT molecular complexity index is 487. The molecule has 7 heteroatoms. The highest BCUT2D eigenvalue weighted by molar-refractivity contribution is 8.13. The smallest absolute Gasteiger partial charge is 0.344 e. The molecule has 0 heterocycles. The van der Waals surface area contributed by atoms with Crippen molar-refractivity contribution in [3.8, 4) is 5.75 Å². The lowest BCUT2D eigenvalue weighted by atomic mass is 10.1. The van der Waals surface area contributed by atoms with Gasteiger partial charge in [-0.25, -0.2) is 4.79 Å². The fraction of sp³-hybridized carbons (Fsp3) is 0.467. The van der Waals surface area contributed by atoms with Crippen molar-refractivity contribution in [2.24, 2.45) is 0 Å². The third-order valence-corrected chi connectivity index (χ3v) is 3.62. The number of rotatable bonds is 8. The van der Waals surface area contributed by atoms with E-state index in [0.717, 1.165) is 11.8 Å². The largest absolute Gasteiger partial charge is 0.482 e. The van der Waals surface area contributed by atoms with Gasteiger partial charge in [-0.3, -0.25) is 4.79 Å². The Morgan fingerprint density at radius 1 is 1.23 bits per heavy atom. The molecule has 0 fully saturated rings. The zero-order chi connectivity index (χ0) is 16.5. The molecule has 0 saturated heterocycles. The second-order valence-corrected chi connectivity index (χ2v) is 5.67. The maximum Gasteiger partial charge on any atom is 0.344 e. The lowest BCUT2D eigenvalue weighted by Gasteiger charge is -2.17. The van der Waals surface area contributed by atoms with E-state index >= 15 is 0 Å². The van der Waals surface area contributed by atoms with Crippen LogP contribution in [0.3, 0.4) is 0 Å². The molecular weight excluding hydrogens is 308 g/mol. The first kappa shape index (κ1) is 18.5. The Morgan fingerprint density at radius 3 is 2.41 bits per heavy atom. The van der Waals surface area contributed by atoms with E-state index in [0.29, 0.717) is 17.9 Å². The first-order chi connectivity index (χ1) is 10.4. The SMILES string of the molecule is CCOC(=O)COc1ccc(C(O)C(O)CSC(C)=O)cc1. The Hall–Kier alpha value is -1.57. The highest BCUT2D eigenvalue weighted by atomic mass is 32.2. The average Bonchev–Trinajstić information content (AvgIpc) is 2.50. The van der Waals surface area contributed by atoms with Crippen LogP contribution in [-0.2, 0) is 14.3 Å². The summed E-state index contributed by atoms with van der Waals surface area (Å²) in [6.07, 6.45) is -2.13. The second-order valence-electron chi connectivity index (χ2n) is 4.48. The predicted octanol–water partition coefficient (Wildman–Crippen LogP) is 1.30. The van der Waals surface area contributed by atoms with Gasteiger partial charge in [-0.15, -0.1) is 0 Å². The average molecular weight is 328 g/mol. The molecule has 2 N–H and O–H groups in total. The van der Waals surface area contributed by atoms with Crippen LogP contribution in [-0.4, -0.2) is 46.4 Å².